The molecular formula is C13H15N3O3S. The predicted octanol–water partition coefficient (Wildman–Crippen LogP) is 0.676. The van der Waals surface area contributed by atoms with Gasteiger partial charge in [-0.1, -0.05) is 30.3 Å². The lowest BCUT2D eigenvalue weighted by Crippen LogP contribution is -2.31. The van der Waals surface area contributed by atoms with Crippen LogP contribution in [-0.4, -0.2) is 25.1 Å². The molecule has 0 spiro atoms. The molecule has 1 atom stereocenters. The maximum absolute atomic E-state index is 12.2. The highest BCUT2D eigenvalue weighted by Gasteiger charge is 2.21. The average Bonchev–Trinajstić information content (AvgIpc) is 2.46. The van der Waals surface area contributed by atoms with Gasteiger partial charge >= 0.3 is 0 Å². The first-order valence-electron chi connectivity index (χ1n) is 5.92. The van der Waals surface area contributed by atoms with Crippen LogP contribution in [0.4, 0.5) is 5.82 Å². The number of aromatic nitrogens is 1. The van der Waals surface area contributed by atoms with Gasteiger partial charge in [0.25, 0.3) is 0 Å². The lowest BCUT2D eigenvalue weighted by atomic mass is 10.1. The summed E-state index contributed by atoms with van der Waals surface area (Å²) < 4.78 is 26.8. The van der Waals surface area contributed by atoms with E-state index in [0.29, 0.717) is 5.56 Å². The van der Waals surface area contributed by atoms with Gasteiger partial charge in [-0.25, -0.2) is 18.1 Å². The smallest absolute Gasteiger partial charge is 0.242 e. The molecule has 0 aliphatic carbocycles. The summed E-state index contributed by atoms with van der Waals surface area (Å²) in [5.41, 5.74) is 6.10. The molecule has 0 radical (unpaired) electrons. The van der Waals surface area contributed by atoms with E-state index in [0.717, 1.165) is 0 Å². The van der Waals surface area contributed by atoms with Crippen molar-refractivity contribution in [2.45, 2.75) is 10.9 Å². The van der Waals surface area contributed by atoms with Crippen molar-refractivity contribution >= 4 is 15.8 Å². The van der Waals surface area contributed by atoms with E-state index in [1.807, 2.05) is 6.07 Å². The Hall–Kier alpha value is -1.96. The molecule has 2 rings (SSSR count). The third-order valence-corrected chi connectivity index (χ3v) is 4.21. The summed E-state index contributed by atoms with van der Waals surface area (Å²) >= 11 is 0. The summed E-state index contributed by atoms with van der Waals surface area (Å²) in [5, 5.41) is 9.37. The number of rotatable bonds is 5. The van der Waals surface area contributed by atoms with Crippen LogP contribution < -0.4 is 10.5 Å². The Bertz CT molecular complexity index is 657. The molecule has 2 aromatic rings. The van der Waals surface area contributed by atoms with Crippen LogP contribution in [0.25, 0.3) is 0 Å². The van der Waals surface area contributed by atoms with Crippen molar-refractivity contribution in [3.63, 3.8) is 0 Å². The van der Waals surface area contributed by atoms with E-state index >= 15 is 0 Å². The van der Waals surface area contributed by atoms with Crippen molar-refractivity contribution < 1.29 is 13.5 Å². The first kappa shape index (κ1) is 14.4. The van der Waals surface area contributed by atoms with Crippen LogP contribution in [0.2, 0.25) is 0 Å². The van der Waals surface area contributed by atoms with E-state index in [2.05, 4.69) is 9.71 Å². The fourth-order valence-electron chi connectivity index (χ4n) is 1.70. The number of nitrogens with two attached hydrogens (primary N) is 1. The normalized spacial score (nSPS) is 13.1. The molecule has 1 aromatic heterocycles. The van der Waals surface area contributed by atoms with Crippen molar-refractivity contribution in [1.29, 1.82) is 0 Å². The number of benzene rings is 1. The van der Waals surface area contributed by atoms with Crippen LogP contribution in [0.15, 0.2) is 53.6 Å². The zero-order valence-corrected chi connectivity index (χ0v) is 11.4. The standard InChI is InChI=1S/C13H15N3O3S/c14-13-7-6-11(8-15-13)20(18,19)16-12(9-17)10-4-2-1-3-5-10/h1-8,12,16-17H,9H2,(H2,14,15)/t12-/m0/s1. The van der Waals surface area contributed by atoms with Gasteiger partial charge < -0.3 is 10.8 Å². The number of hydrogen-bond acceptors (Lipinski definition) is 5. The van der Waals surface area contributed by atoms with Crippen molar-refractivity contribution in [1.82, 2.24) is 9.71 Å². The highest BCUT2D eigenvalue weighted by atomic mass is 32.2. The number of aliphatic hydroxyl groups excluding tert-OH is 1. The van der Waals surface area contributed by atoms with Gasteiger partial charge in [-0.2, -0.15) is 0 Å². The van der Waals surface area contributed by atoms with Gasteiger partial charge in [0.2, 0.25) is 10.0 Å². The Kier molecular flexibility index (Phi) is 4.33. The van der Waals surface area contributed by atoms with Crippen LogP contribution in [-0.2, 0) is 10.0 Å². The van der Waals surface area contributed by atoms with Gasteiger partial charge in [0.15, 0.2) is 0 Å². The van der Waals surface area contributed by atoms with Crippen LogP contribution in [0.1, 0.15) is 11.6 Å². The Morgan fingerprint density at radius 3 is 2.45 bits per heavy atom. The van der Waals surface area contributed by atoms with E-state index < -0.39 is 16.1 Å². The van der Waals surface area contributed by atoms with Crippen LogP contribution in [0.3, 0.4) is 0 Å². The number of pyridine rings is 1. The average molecular weight is 293 g/mol. The highest BCUT2D eigenvalue weighted by Crippen LogP contribution is 2.16. The molecule has 1 heterocycles. The molecule has 0 saturated carbocycles. The second-order valence-electron chi connectivity index (χ2n) is 4.19. The van der Waals surface area contributed by atoms with Gasteiger partial charge in [0, 0.05) is 6.20 Å². The number of hydrogen-bond donors (Lipinski definition) is 3. The topological polar surface area (TPSA) is 105 Å². The van der Waals surface area contributed by atoms with Crippen LogP contribution >= 0.6 is 0 Å². The lowest BCUT2D eigenvalue weighted by molar-refractivity contribution is 0.259. The number of nitrogens with one attached hydrogen (secondary N) is 1. The molecule has 0 saturated heterocycles. The van der Waals surface area contributed by atoms with Gasteiger partial charge in [-0.05, 0) is 17.7 Å². The Morgan fingerprint density at radius 2 is 1.90 bits per heavy atom. The van der Waals surface area contributed by atoms with E-state index in [1.54, 1.807) is 24.3 Å². The Morgan fingerprint density at radius 1 is 1.20 bits per heavy atom. The summed E-state index contributed by atoms with van der Waals surface area (Å²) in [4.78, 5) is 3.75. The SMILES string of the molecule is Nc1ccc(S(=O)(=O)N[C@@H](CO)c2ccccc2)cn1. The minimum Gasteiger partial charge on any atom is -0.394 e. The molecule has 1 aromatic carbocycles. The quantitative estimate of drug-likeness (QED) is 0.751. The summed E-state index contributed by atoms with van der Waals surface area (Å²) in [5.74, 6) is 0.241. The van der Waals surface area contributed by atoms with Crippen molar-refractivity contribution in [2.24, 2.45) is 0 Å². The number of anilines is 1. The molecule has 0 amide bonds. The molecule has 0 aliphatic heterocycles. The summed E-state index contributed by atoms with van der Waals surface area (Å²) in [7, 11) is -3.76. The van der Waals surface area contributed by atoms with Crippen LogP contribution in [0, 0.1) is 0 Å². The minimum atomic E-state index is -3.76. The fourth-order valence-corrected chi connectivity index (χ4v) is 2.86. The third-order valence-electron chi connectivity index (χ3n) is 2.75. The minimum absolute atomic E-state index is 0.00100. The summed E-state index contributed by atoms with van der Waals surface area (Å²) in [6, 6.07) is 10.9. The highest BCUT2D eigenvalue weighted by molar-refractivity contribution is 7.89. The first-order chi connectivity index (χ1) is 9.53. The molecule has 4 N–H and O–H groups in total. The molecule has 0 bridgehead atoms. The van der Waals surface area contributed by atoms with Gasteiger partial charge in [-0.15, -0.1) is 0 Å². The second kappa shape index (κ2) is 6.00. The van der Waals surface area contributed by atoms with E-state index in [4.69, 9.17) is 5.73 Å². The first-order valence-corrected chi connectivity index (χ1v) is 7.41. The Labute approximate surface area is 117 Å². The summed E-state index contributed by atoms with van der Waals surface area (Å²) in [6.07, 6.45) is 1.18. The van der Waals surface area contributed by atoms with E-state index in [9.17, 15) is 13.5 Å². The second-order valence-corrected chi connectivity index (χ2v) is 5.90. The lowest BCUT2D eigenvalue weighted by Gasteiger charge is -2.16. The number of aliphatic hydroxyl groups is 1. The van der Waals surface area contributed by atoms with Crippen molar-refractivity contribution in [3.05, 3.63) is 54.2 Å². The predicted molar refractivity (Wildman–Crippen MR) is 75.2 cm³/mol. The molecule has 106 valence electrons. The largest absolute Gasteiger partial charge is 0.394 e. The Balaban J connectivity index is 2.24. The van der Waals surface area contributed by atoms with Gasteiger partial charge in [0.1, 0.15) is 10.7 Å². The third kappa shape index (κ3) is 3.32. The summed E-state index contributed by atoms with van der Waals surface area (Å²) in [6.45, 7) is -0.342. The number of nitrogen functional groups attached to an aromatic ring is 1. The van der Waals surface area contributed by atoms with Gasteiger partial charge in [-0.3, -0.25) is 0 Å². The molecule has 7 heteroatoms. The van der Waals surface area contributed by atoms with Crippen LogP contribution in [0.5, 0.6) is 0 Å². The molecule has 0 unspecified atom stereocenters. The van der Waals surface area contributed by atoms with E-state index in [1.165, 1.54) is 18.3 Å². The fraction of sp³-hybridized carbons (Fsp3) is 0.154. The maximum Gasteiger partial charge on any atom is 0.242 e. The zero-order valence-electron chi connectivity index (χ0n) is 10.6. The van der Waals surface area contributed by atoms with Crippen molar-refractivity contribution in [3.8, 4) is 0 Å². The molecule has 20 heavy (non-hydrogen) atoms. The molecular weight excluding hydrogens is 278 g/mol. The van der Waals surface area contributed by atoms with E-state index in [-0.39, 0.29) is 17.3 Å². The zero-order chi connectivity index (χ0) is 14.6. The van der Waals surface area contributed by atoms with Crippen molar-refractivity contribution in [2.75, 3.05) is 12.3 Å². The maximum atomic E-state index is 12.2. The molecule has 0 fully saturated rings. The monoisotopic (exact) mass is 293 g/mol. The number of sulfonamides is 1. The molecule has 0 aliphatic rings. The van der Waals surface area contributed by atoms with Gasteiger partial charge in [0.05, 0.1) is 12.6 Å². The number of nitrogens with zero attached hydrogens (tertiary/aromatic N) is 1. The molecule has 6 nitrogen and oxygen atoms in total.